The van der Waals surface area contributed by atoms with Crippen LogP contribution in [-0.2, 0) is 19.9 Å². The summed E-state index contributed by atoms with van der Waals surface area (Å²) in [4.78, 5) is 5.79. The van der Waals surface area contributed by atoms with Crippen LogP contribution in [0.2, 0.25) is 0 Å². The molecule has 0 aliphatic carbocycles. The zero-order valence-electron chi connectivity index (χ0n) is 10.0. The van der Waals surface area contributed by atoms with Crippen LogP contribution in [-0.4, -0.2) is 38.3 Å². The fourth-order valence-corrected chi connectivity index (χ4v) is 1.67. The van der Waals surface area contributed by atoms with E-state index < -0.39 is 0 Å². The second-order valence-electron chi connectivity index (χ2n) is 3.91. The first-order valence-electron chi connectivity index (χ1n) is 5.58. The van der Waals surface area contributed by atoms with E-state index in [-0.39, 0.29) is 6.04 Å². The molecule has 0 fully saturated rings. The Morgan fingerprint density at radius 2 is 2.24 bits per heavy atom. The number of aromatic nitrogens is 5. The van der Waals surface area contributed by atoms with Crippen molar-refractivity contribution >= 4 is 0 Å². The van der Waals surface area contributed by atoms with Gasteiger partial charge in [0.15, 0.2) is 5.82 Å². The lowest BCUT2D eigenvalue weighted by Gasteiger charge is -2.13. The summed E-state index contributed by atoms with van der Waals surface area (Å²) in [6, 6.07) is 6.21. The van der Waals surface area contributed by atoms with Gasteiger partial charge in [-0.05, 0) is 24.4 Å². The summed E-state index contributed by atoms with van der Waals surface area (Å²) in [5.74, 6) is 0.753. The summed E-state index contributed by atoms with van der Waals surface area (Å²) in [7, 11) is 3.70. The highest BCUT2D eigenvalue weighted by atomic mass is 15.6. The van der Waals surface area contributed by atoms with Gasteiger partial charge in [-0.1, -0.05) is 6.07 Å². The molecular formula is C11H16N6. The van der Waals surface area contributed by atoms with Crippen molar-refractivity contribution in [3.63, 3.8) is 0 Å². The van der Waals surface area contributed by atoms with Crippen LogP contribution in [0.25, 0.3) is 0 Å². The standard InChI is InChI=1S/C11H16N6/c1-12-10(7-9-5-3-4-6-13-9)8-11-14-16-17(2)15-11/h3-6,10,12H,7-8H2,1-2H3. The van der Waals surface area contributed by atoms with Crippen LogP contribution < -0.4 is 5.32 Å². The molecule has 6 heteroatoms. The van der Waals surface area contributed by atoms with E-state index >= 15 is 0 Å². The van der Waals surface area contributed by atoms with Crippen LogP contribution in [0.5, 0.6) is 0 Å². The molecule has 2 aromatic rings. The zero-order valence-corrected chi connectivity index (χ0v) is 10.0. The molecule has 0 bridgehead atoms. The Morgan fingerprint density at radius 1 is 1.35 bits per heavy atom. The molecule has 1 N–H and O–H groups in total. The molecule has 2 heterocycles. The predicted molar refractivity (Wildman–Crippen MR) is 63.3 cm³/mol. The van der Waals surface area contributed by atoms with E-state index in [9.17, 15) is 0 Å². The number of nitrogens with one attached hydrogen (secondary N) is 1. The lowest BCUT2D eigenvalue weighted by atomic mass is 10.1. The van der Waals surface area contributed by atoms with Crippen molar-refractivity contribution < 1.29 is 0 Å². The van der Waals surface area contributed by atoms with Crippen molar-refractivity contribution in [1.82, 2.24) is 30.5 Å². The van der Waals surface area contributed by atoms with Gasteiger partial charge in [0.2, 0.25) is 0 Å². The third-order valence-electron chi connectivity index (χ3n) is 2.57. The Kier molecular flexibility index (Phi) is 3.77. The smallest absolute Gasteiger partial charge is 0.176 e. The minimum Gasteiger partial charge on any atom is -0.316 e. The summed E-state index contributed by atoms with van der Waals surface area (Å²) in [6.07, 6.45) is 3.42. The minimum atomic E-state index is 0.272. The van der Waals surface area contributed by atoms with Gasteiger partial charge in [-0.25, -0.2) is 0 Å². The van der Waals surface area contributed by atoms with Gasteiger partial charge in [0, 0.05) is 30.8 Å². The average molecular weight is 232 g/mol. The van der Waals surface area contributed by atoms with E-state index in [4.69, 9.17) is 0 Å². The molecular weight excluding hydrogens is 216 g/mol. The summed E-state index contributed by atoms with van der Waals surface area (Å²) >= 11 is 0. The molecule has 0 aliphatic rings. The van der Waals surface area contributed by atoms with Crippen molar-refractivity contribution in [3.05, 3.63) is 35.9 Å². The largest absolute Gasteiger partial charge is 0.316 e. The highest BCUT2D eigenvalue weighted by Crippen LogP contribution is 2.03. The van der Waals surface area contributed by atoms with Crippen molar-refractivity contribution in [2.75, 3.05) is 7.05 Å². The van der Waals surface area contributed by atoms with Gasteiger partial charge >= 0.3 is 0 Å². The van der Waals surface area contributed by atoms with E-state index in [1.54, 1.807) is 7.05 Å². The average Bonchev–Trinajstić information content (AvgIpc) is 2.75. The Morgan fingerprint density at radius 3 is 2.82 bits per heavy atom. The first kappa shape index (κ1) is 11.7. The molecule has 90 valence electrons. The monoisotopic (exact) mass is 232 g/mol. The van der Waals surface area contributed by atoms with Crippen LogP contribution in [0.4, 0.5) is 0 Å². The van der Waals surface area contributed by atoms with Crippen molar-refractivity contribution in [1.29, 1.82) is 0 Å². The zero-order chi connectivity index (χ0) is 12.1. The molecule has 0 aliphatic heterocycles. The van der Waals surface area contributed by atoms with E-state index in [0.29, 0.717) is 0 Å². The first-order valence-corrected chi connectivity index (χ1v) is 5.58. The molecule has 0 saturated carbocycles. The number of hydrogen-bond donors (Lipinski definition) is 1. The lowest BCUT2D eigenvalue weighted by Crippen LogP contribution is -2.30. The van der Waals surface area contributed by atoms with Gasteiger partial charge in [-0.3, -0.25) is 4.98 Å². The molecule has 6 nitrogen and oxygen atoms in total. The van der Waals surface area contributed by atoms with Gasteiger partial charge < -0.3 is 5.32 Å². The summed E-state index contributed by atoms with van der Waals surface area (Å²) in [6.45, 7) is 0. The van der Waals surface area contributed by atoms with Crippen molar-refractivity contribution in [2.45, 2.75) is 18.9 Å². The van der Waals surface area contributed by atoms with E-state index in [1.165, 1.54) is 4.80 Å². The van der Waals surface area contributed by atoms with Crippen LogP contribution in [0.15, 0.2) is 24.4 Å². The van der Waals surface area contributed by atoms with Gasteiger partial charge in [0.05, 0.1) is 7.05 Å². The number of nitrogens with zero attached hydrogens (tertiary/aromatic N) is 5. The van der Waals surface area contributed by atoms with E-state index in [0.717, 1.165) is 24.4 Å². The molecule has 2 rings (SSSR count). The maximum absolute atomic E-state index is 4.31. The molecule has 2 aromatic heterocycles. The number of rotatable bonds is 5. The first-order chi connectivity index (χ1) is 8.28. The normalized spacial score (nSPS) is 12.6. The fourth-order valence-electron chi connectivity index (χ4n) is 1.67. The topological polar surface area (TPSA) is 68.5 Å². The molecule has 1 atom stereocenters. The predicted octanol–water partition coefficient (Wildman–Crippen LogP) is -0.0217. The highest BCUT2D eigenvalue weighted by molar-refractivity contribution is 5.06. The van der Waals surface area contributed by atoms with Gasteiger partial charge in [0.25, 0.3) is 0 Å². The summed E-state index contributed by atoms with van der Waals surface area (Å²) in [5.41, 5.74) is 1.07. The van der Waals surface area contributed by atoms with Crippen molar-refractivity contribution in [2.24, 2.45) is 7.05 Å². The maximum Gasteiger partial charge on any atom is 0.176 e. The van der Waals surface area contributed by atoms with Gasteiger partial charge in [-0.2, -0.15) is 4.80 Å². The third-order valence-corrected chi connectivity index (χ3v) is 2.57. The Balaban J connectivity index is 1.98. The SMILES string of the molecule is CNC(Cc1ccccn1)Cc1nnn(C)n1. The van der Waals surface area contributed by atoms with Crippen molar-refractivity contribution in [3.8, 4) is 0 Å². The molecule has 17 heavy (non-hydrogen) atoms. The second kappa shape index (κ2) is 5.49. The highest BCUT2D eigenvalue weighted by Gasteiger charge is 2.12. The maximum atomic E-state index is 4.31. The lowest BCUT2D eigenvalue weighted by molar-refractivity contribution is 0.535. The summed E-state index contributed by atoms with van der Waals surface area (Å²) in [5, 5.41) is 15.2. The number of likely N-dealkylation sites (N-methyl/N-ethyl adjacent to an activating group) is 1. The molecule has 0 amide bonds. The molecule has 1 unspecified atom stereocenters. The molecule has 0 aromatic carbocycles. The third kappa shape index (κ3) is 3.32. The van der Waals surface area contributed by atoms with Crippen LogP contribution in [0, 0.1) is 0 Å². The second-order valence-corrected chi connectivity index (χ2v) is 3.91. The van der Waals surface area contributed by atoms with Gasteiger partial charge in [0.1, 0.15) is 0 Å². The fraction of sp³-hybridized carbons (Fsp3) is 0.455. The molecule has 0 spiro atoms. The number of tetrazole rings is 1. The minimum absolute atomic E-state index is 0.272. The molecule has 0 saturated heterocycles. The van der Waals surface area contributed by atoms with E-state index in [2.05, 4.69) is 25.7 Å². The van der Waals surface area contributed by atoms with Crippen LogP contribution >= 0.6 is 0 Å². The molecule has 0 radical (unpaired) electrons. The van der Waals surface area contributed by atoms with Crippen LogP contribution in [0.1, 0.15) is 11.5 Å². The van der Waals surface area contributed by atoms with E-state index in [1.807, 2.05) is 31.4 Å². The Labute approximate surface area is 100 Å². The quantitative estimate of drug-likeness (QED) is 0.784. The van der Waals surface area contributed by atoms with Crippen LogP contribution in [0.3, 0.4) is 0 Å². The number of hydrogen-bond acceptors (Lipinski definition) is 5. The number of pyridine rings is 1. The number of aryl methyl sites for hydroxylation is 1. The summed E-state index contributed by atoms with van der Waals surface area (Å²) < 4.78 is 0. The Hall–Kier alpha value is -1.82. The Bertz CT molecular complexity index is 452. The van der Waals surface area contributed by atoms with Gasteiger partial charge in [-0.15, -0.1) is 10.2 Å².